The topological polar surface area (TPSA) is 120 Å². The second-order valence-electron chi connectivity index (χ2n) is 6.60. The third-order valence-corrected chi connectivity index (χ3v) is 4.33. The molecule has 0 saturated heterocycles. The summed E-state index contributed by atoms with van der Waals surface area (Å²) in [5.41, 5.74) is 3.83. The lowest BCUT2D eigenvalue weighted by Gasteiger charge is -2.09. The van der Waals surface area contributed by atoms with Gasteiger partial charge in [0.2, 0.25) is 0 Å². The second-order valence-corrected chi connectivity index (χ2v) is 6.60. The zero-order chi connectivity index (χ0) is 22.9. The van der Waals surface area contributed by atoms with Crippen LogP contribution in [-0.2, 0) is 4.79 Å². The van der Waals surface area contributed by atoms with Gasteiger partial charge in [-0.2, -0.15) is 5.10 Å². The Morgan fingerprint density at radius 2 is 1.59 bits per heavy atom. The van der Waals surface area contributed by atoms with Crippen molar-refractivity contribution in [3.05, 3.63) is 95.2 Å². The van der Waals surface area contributed by atoms with Gasteiger partial charge in [0, 0.05) is 5.56 Å². The third-order valence-electron chi connectivity index (χ3n) is 4.33. The number of hydrazone groups is 1. The number of nitrogens with zero attached hydrogens (tertiary/aromatic N) is 1. The molecule has 3 aromatic rings. The van der Waals surface area contributed by atoms with E-state index in [9.17, 15) is 19.8 Å². The van der Waals surface area contributed by atoms with E-state index in [-0.39, 0.29) is 17.2 Å². The quantitative estimate of drug-likeness (QED) is 0.198. The number of amides is 2. The molecule has 0 heterocycles. The van der Waals surface area contributed by atoms with E-state index in [1.807, 2.05) is 0 Å². The van der Waals surface area contributed by atoms with Crippen LogP contribution < -0.4 is 15.5 Å². The van der Waals surface area contributed by atoms with Crippen LogP contribution in [-0.4, -0.2) is 35.4 Å². The van der Waals surface area contributed by atoms with Crippen molar-refractivity contribution in [1.29, 1.82) is 0 Å². The normalized spacial score (nSPS) is 11.2. The van der Waals surface area contributed by atoms with Crippen LogP contribution >= 0.6 is 0 Å². The van der Waals surface area contributed by atoms with Crippen molar-refractivity contribution in [3.63, 3.8) is 0 Å². The van der Waals surface area contributed by atoms with Crippen LogP contribution in [0.5, 0.6) is 17.2 Å². The van der Waals surface area contributed by atoms with Gasteiger partial charge in [-0.1, -0.05) is 30.3 Å². The maximum Gasteiger partial charge on any atom is 0.287 e. The number of nitrogens with one attached hydrogen (secondary N) is 2. The number of phenols is 2. The molecule has 3 rings (SSSR count). The molecule has 0 aliphatic heterocycles. The van der Waals surface area contributed by atoms with Gasteiger partial charge in [0.25, 0.3) is 11.8 Å². The van der Waals surface area contributed by atoms with E-state index in [4.69, 9.17) is 4.74 Å². The molecule has 0 saturated carbocycles. The Morgan fingerprint density at radius 3 is 2.25 bits per heavy atom. The SMILES string of the molecule is COc1ccc(/C=C(\NC(=O)c2ccccc2)C(=O)NN=Cc2ccc(O)c(O)c2)cc1. The Kier molecular flexibility index (Phi) is 7.21. The van der Waals surface area contributed by atoms with Crippen molar-refractivity contribution in [2.24, 2.45) is 5.10 Å². The number of ether oxygens (including phenoxy) is 1. The van der Waals surface area contributed by atoms with Crippen LogP contribution in [0.25, 0.3) is 6.08 Å². The molecular weight excluding hydrogens is 410 g/mol. The van der Waals surface area contributed by atoms with E-state index in [0.29, 0.717) is 22.4 Å². The molecule has 162 valence electrons. The molecule has 0 fully saturated rings. The van der Waals surface area contributed by atoms with Crippen molar-refractivity contribution >= 4 is 24.1 Å². The fourth-order valence-corrected chi connectivity index (χ4v) is 2.66. The molecule has 8 heteroatoms. The van der Waals surface area contributed by atoms with E-state index in [1.165, 1.54) is 30.5 Å². The fourth-order valence-electron chi connectivity index (χ4n) is 2.66. The molecule has 3 aromatic carbocycles. The van der Waals surface area contributed by atoms with Crippen molar-refractivity contribution in [3.8, 4) is 17.2 Å². The molecule has 8 nitrogen and oxygen atoms in total. The van der Waals surface area contributed by atoms with Gasteiger partial charge in [-0.3, -0.25) is 9.59 Å². The van der Waals surface area contributed by atoms with Gasteiger partial charge >= 0.3 is 0 Å². The number of hydrogen-bond donors (Lipinski definition) is 4. The minimum Gasteiger partial charge on any atom is -0.504 e. The molecule has 0 unspecified atom stereocenters. The lowest BCUT2D eigenvalue weighted by Crippen LogP contribution is -2.32. The molecule has 0 bridgehead atoms. The number of hydrogen-bond acceptors (Lipinski definition) is 6. The van der Waals surface area contributed by atoms with E-state index in [1.54, 1.807) is 61.7 Å². The van der Waals surface area contributed by atoms with Crippen LogP contribution in [0.1, 0.15) is 21.5 Å². The first-order chi connectivity index (χ1) is 15.5. The number of phenolic OH excluding ortho intramolecular Hbond substituents is 2. The largest absolute Gasteiger partial charge is 0.504 e. The summed E-state index contributed by atoms with van der Waals surface area (Å²) in [4.78, 5) is 25.3. The van der Waals surface area contributed by atoms with Gasteiger partial charge in [-0.15, -0.1) is 0 Å². The molecule has 2 amide bonds. The lowest BCUT2D eigenvalue weighted by atomic mass is 10.1. The highest BCUT2D eigenvalue weighted by Gasteiger charge is 2.14. The Bertz CT molecular complexity index is 1160. The van der Waals surface area contributed by atoms with Crippen LogP contribution in [0, 0.1) is 0 Å². The Labute approximate surface area is 184 Å². The summed E-state index contributed by atoms with van der Waals surface area (Å²) in [7, 11) is 1.55. The highest BCUT2D eigenvalue weighted by Crippen LogP contribution is 2.24. The van der Waals surface area contributed by atoms with E-state index < -0.39 is 11.8 Å². The molecule has 4 N–H and O–H groups in total. The standard InChI is InChI=1S/C24H21N3O5/c1-32-19-10-7-16(8-11-19)13-20(26-23(30)18-5-3-2-4-6-18)24(31)27-25-15-17-9-12-21(28)22(29)14-17/h2-15,28-29H,1H3,(H,26,30)(H,27,31)/b20-13-,25-15?. The number of carbonyl (C=O) groups is 2. The Balaban J connectivity index is 1.80. The zero-order valence-corrected chi connectivity index (χ0v) is 17.1. The average molecular weight is 431 g/mol. The van der Waals surface area contributed by atoms with Crippen molar-refractivity contribution < 1.29 is 24.5 Å². The predicted octanol–water partition coefficient (Wildman–Crippen LogP) is 3.03. The summed E-state index contributed by atoms with van der Waals surface area (Å²) >= 11 is 0. The first kappa shape index (κ1) is 22.1. The summed E-state index contributed by atoms with van der Waals surface area (Å²) in [6.07, 6.45) is 2.80. The average Bonchev–Trinajstić information content (AvgIpc) is 2.82. The van der Waals surface area contributed by atoms with Crippen molar-refractivity contribution in [2.75, 3.05) is 7.11 Å². The summed E-state index contributed by atoms with van der Waals surface area (Å²) in [5.74, 6) is -1.02. The summed E-state index contributed by atoms with van der Waals surface area (Å²) in [6, 6.07) is 19.5. The van der Waals surface area contributed by atoms with Gasteiger partial charge < -0.3 is 20.3 Å². The minimum atomic E-state index is -0.649. The maximum atomic E-state index is 12.7. The number of rotatable bonds is 7. The molecule has 0 atom stereocenters. The first-order valence-corrected chi connectivity index (χ1v) is 9.54. The number of methoxy groups -OCH3 is 1. The highest BCUT2D eigenvalue weighted by molar-refractivity contribution is 6.05. The lowest BCUT2D eigenvalue weighted by molar-refractivity contribution is -0.117. The van der Waals surface area contributed by atoms with Crippen LogP contribution in [0.4, 0.5) is 0 Å². The molecular formula is C24H21N3O5. The third kappa shape index (κ3) is 5.96. The van der Waals surface area contributed by atoms with E-state index in [2.05, 4.69) is 15.8 Å². The Morgan fingerprint density at radius 1 is 0.906 bits per heavy atom. The van der Waals surface area contributed by atoms with Crippen LogP contribution in [0.15, 0.2) is 83.6 Å². The first-order valence-electron chi connectivity index (χ1n) is 9.54. The van der Waals surface area contributed by atoms with E-state index >= 15 is 0 Å². The molecule has 0 radical (unpaired) electrons. The number of benzene rings is 3. The molecule has 32 heavy (non-hydrogen) atoms. The summed E-state index contributed by atoms with van der Waals surface area (Å²) in [5, 5.41) is 25.4. The van der Waals surface area contributed by atoms with Gasteiger partial charge in [0.15, 0.2) is 11.5 Å². The fraction of sp³-hybridized carbons (Fsp3) is 0.0417. The van der Waals surface area contributed by atoms with Gasteiger partial charge in [-0.25, -0.2) is 5.43 Å². The second kappa shape index (κ2) is 10.4. The van der Waals surface area contributed by atoms with Crippen LogP contribution in [0.3, 0.4) is 0 Å². The van der Waals surface area contributed by atoms with Gasteiger partial charge in [-0.05, 0) is 59.7 Å². The van der Waals surface area contributed by atoms with Gasteiger partial charge in [0.05, 0.1) is 13.3 Å². The summed E-state index contributed by atoms with van der Waals surface area (Å²) in [6.45, 7) is 0. The molecule has 0 aromatic heterocycles. The predicted molar refractivity (Wildman–Crippen MR) is 120 cm³/mol. The minimum absolute atomic E-state index is 0.0188. The number of carbonyl (C=O) groups excluding carboxylic acids is 2. The monoisotopic (exact) mass is 431 g/mol. The maximum absolute atomic E-state index is 12.7. The smallest absolute Gasteiger partial charge is 0.287 e. The van der Waals surface area contributed by atoms with Crippen molar-refractivity contribution in [1.82, 2.24) is 10.7 Å². The summed E-state index contributed by atoms with van der Waals surface area (Å²) < 4.78 is 5.13. The van der Waals surface area contributed by atoms with Gasteiger partial charge in [0.1, 0.15) is 11.4 Å². The highest BCUT2D eigenvalue weighted by atomic mass is 16.5. The number of aromatic hydroxyl groups is 2. The Hall–Kier alpha value is -4.59. The zero-order valence-electron chi connectivity index (χ0n) is 17.1. The molecule has 0 aliphatic carbocycles. The van der Waals surface area contributed by atoms with E-state index in [0.717, 1.165) is 0 Å². The molecule has 0 spiro atoms. The molecule has 0 aliphatic rings. The van der Waals surface area contributed by atoms with Crippen LogP contribution in [0.2, 0.25) is 0 Å². The van der Waals surface area contributed by atoms with Crippen molar-refractivity contribution in [2.45, 2.75) is 0 Å².